The second kappa shape index (κ2) is 8.24. The lowest BCUT2D eigenvalue weighted by atomic mass is 9.89. The number of rotatable bonds is 6. The molecule has 2 aromatic rings. The molecule has 1 aliphatic rings. The van der Waals surface area contributed by atoms with Crippen LogP contribution in [0.25, 0.3) is 11.1 Å². The summed E-state index contributed by atoms with van der Waals surface area (Å²) in [7, 11) is 4.04. The first-order chi connectivity index (χ1) is 12.9. The Labute approximate surface area is 162 Å². The van der Waals surface area contributed by atoms with Crippen molar-refractivity contribution in [2.24, 2.45) is 5.41 Å². The van der Waals surface area contributed by atoms with Crippen LogP contribution in [-0.2, 0) is 6.42 Å². The molecule has 27 heavy (non-hydrogen) atoms. The zero-order valence-electron chi connectivity index (χ0n) is 16.6. The molecule has 4 heteroatoms. The molecular formula is C23H30N2O2. The van der Waals surface area contributed by atoms with Crippen molar-refractivity contribution in [1.29, 1.82) is 0 Å². The molecule has 0 bridgehead atoms. The monoisotopic (exact) mass is 366 g/mol. The molecule has 0 unspecified atom stereocenters. The van der Waals surface area contributed by atoms with E-state index in [1.54, 1.807) is 0 Å². The summed E-state index contributed by atoms with van der Waals surface area (Å²) in [5.41, 5.74) is 4.24. The fourth-order valence-corrected chi connectivity index (χ4v) is 4.06. The zero-order chi connectivity index (χ0) is 19.4. The first-order valence-electron chi connectivity index (χ1n) is 9.64. The molecule has 1 atom stereocenters. The van der Waals surface area contributed by atoms with Gasteiger partial charge in [0.25, 0.3) is 5.91 Å². The number of carbonyl (C=O) groups excluding carboxylic acids is 1. The largest absolute Gasteiger partial charge is 0.396 e. The summed E-state index contributed by atoms with van der Waals surface area (Å²) in [5.74, 6) is 0.0793. The molecule has 1 saturated heterocycles. The van der Waals surface area contributed by atoms with Gasteiger partial charge < -0.3 is 14.9 Å². The number of benzene rings is 2. The van der Waals surface area contributed by atoms with Gasteiger partial charge in [-0.2, -0.15) is 0 Å². The number of amides is 1. The van der Waals surface area contributed by atoms with Crippen LogP contribution in [-0.4, -0.2) is 61.2 Å². The maximum Gasteiger partial charge on any atom is 0.253 e. The summed E-state index contributed by atoms with van der Waals surface area (Å²) in [6.45, 7) is 5.35. The van der Waals surface area contributed by atoms with Crippen molar-refractivity contribution in [2.75, 3.05) is 40.3 Å². The Bertz CT molecular complexity index is 770. The quantitative estimate of drug-likeness (QED) is 0.853. The Morgan fingerprint density at radius 3 is 2.22 bits per heavy atom. The molecule has 144 valence electrons. The van der Waals surface area contributed by atoms with Gasteiger partial charge >= 0.3 is 0 Å². The van der Waals surface area contributed by atoms with Crippen LogP contribution >= 0.6 is 0 Å². The molecule has 1 fully saturated rings. The molecule has 0 aliphatic carbocycles. The minimum Gasteiger partial charge on any atom is -0.396 e. The molecule has 2 aromatic carbocycles. The molecule has 1 N–H and O–H groups in total. The lowest BCUT2D eigenvalue weighted by Gasteiger charge is -2.30. The topological polar surface area (TPSA) is 43.8 Å². The first kappa shape index (κ1) is 19.6. The first-order valence-corrected chi connectivity index (χ1v) is 9.64. The van der Waals surface area contributed by atoms with E-state index in [4.69, 9.17) is 5.11 Å². The highest BCUT2D eigenvalue weighted by molar-refractivity contribution is 5.94. The lowest BCUT2D eigenvalue weighted by Crippen LogP contribution is -2.38. The third-order valence-electron chi connectivity index (χ3n) is 5.53. The van der Waals surface area contributed by atoms with Crippen LogP contribution in [0, 0.1) is 5.41 Å². The molecule has 1 heterocycles. The van der Waals surface area contributed by atoms with Crippen molar-refractivity contribution >= 4 is 5.91 Å². The van der Waals surface area contributed by atoms with Crippen LogP contribution in [0.5, 0.6) is 0 Å². The van der Waals surface area contributed by atoms with Gasteiger partial charge in [-0.25, -0.2) is 0 Å². The summed E-state index contributed by atoms with van der Waals surface area (Å²) < 4.78 is 0. The number of nitrogens with zero attached hydrogens (tertiary/aromatic N) is 2. The predicted molar refractivity (Wildman–Crippen MR) is 110 cm³/mol. The lowest BCUT2D eigenvalue weighted by molar-refractivity contribution is 0.0730. The SMILES string of the molecule is CN1CC[C@](C)(CN(C)C(=O)c2ccc(-c3ccc(CCO)cc3)cc2)C1. The summed E-state index contributed by atoms with van der Waals surface area (Å²) in [5, 5.41) is 9.01. The van der Waals surface area contributed by atoms with E-state index in [2.05, 4.69) is 31.0 Å². The molecule has 3 rings (SSSR count). The number of likely N-dealkylation sites (tertiary alicyclic amines) is 1. The highest BCUT2D eigenvalue weighted by Gasteiger charge is 2.34. The van der Waals surface area contributed by atoms with Crippen molar-refractivity contribution in [1.82, 2.24) is 9.80 Å². The van der Waals surface area contributed by atoms with E-state index in [-0.39, 0.29) is 17.9 Å². The van der Waals surface area contributed by atoms with Crippen LogP contribution in [0.1, 0.15) is 29.3 Å². The van der Waals surface area contributed by atoms with Gasteiger partial charge in [0.2, 0.25) is 0 Å². The van der Waals surface area contributed by atoms with Crippen LogP contribution in [0.4, 0.5) is 0 Å². The van der Waals surface area contributed by atoms with Gasteiger partial charge in [-0.05, 0) is 60.7 Å². The summed E-state index contributed by atoms with van der Waals surface area (Å²) in [4.78, 5) is 17.0. The van der Waals surface area contributed by atoms with Gasteiger partial charge in [0, 0.05) is 32.3 Å². The number of aliphatic hydroxyl groups is 1. The average molecular weight is 367 g/mol. The molecule has 4 nitrogen and oxygen atoms in total. The minimum absolute atomic E-state index is 0.0793. The van der Waals surface area contributed by atoms with Crippen molar-refractivity contribution in [2.45, 2.75) is 19.8 Å². The van der Waals surface area contributed by atoms with Crippen molar-refractivity contribution < 1.29 is 9.90 Å². The number of hydrogen-bond acceptors (Lipinski definition) is 3. The third kappa shape index (κ3) is 4.76. The van der Waals surface area contributed by atoms with Crippen LogP contribution < -0.4 is 0 Å². The summed E-state index contributed by atoms with van der Waals surface area (Å²) in [6, 6.07) is 16.0. The van der Waals surface area contributed by atoms with Gasteiger partial charge in [0.05, 0.1) is 0 Å². The third-order valence-corrected chi connectivity index (χ3v) is 5.53. The van der Waals surface area contributed by atoms with Gasteiger partial charge in [0.1, 0.15) is 0 Å². The molecule has 0 saturated carbocycles. The summed E-state index contributed by atoms with van der Waals surface area (Å²) >= 11 is 0. The number of hydrogen-bond donors (Lipinski definition) is 1. The Hall–Kier alpha value is -2.17. The van der Waals surface area contributed by atoms with Gasteiger partial charge in [-0.15, -0.1) is 0 Å². The Kier molecular flexibility index (Phi) is 5.98. The van der Waals surface area contributed by atoms with Gasteiger partial charge in [-0.1, -0.05) is 43.3 Å². The van der Waals surface area contributed by atoms with E-state index >= 15 is 0 Å². The molecule has 1 aliphatic heterocycles. The minimum atomic E-state index is 0.0793. The second-order valence-corrected chi connectivity index (χ2v) is 8.21. The van der Waals surface area contributed by atoms with E-state index in [9.17, 15) is 4.79 Å². The highest BCUT2D eigenvalue weighted by atomic mass is 16.3. The van der Waals surface area contributed by atoms with Crippen molar-refractivity contribution in [3.8, 4) is 11.1 Å². The van der Waals surface area contributed by atoms with Crippen molar-refractivity contribution in [3.63, 3.8) is 0 Å². The Balaban J connectivity index is 1.66. The van der Waals surface area contributed by atoms with Crippen molar-refractivity contribution in [3.05, 3.63) is 59.7 Å². The van der Waals surface area contributed by atoms with Crippen LogP contribution in [0.2, 0.25) is 0 Å². The number of aliphatic hydroxyl groups excluding tert-OH is 1. The smallest absolute Gasteiger partial charge is 0.253 e. The Morgan fingerprint density at radius 2 is 1.70 bits per heavy atom. The molecule has 0 spiro atoms. The standard InChI is InChI=1S/C23H30N2O2/c1-23(13-14-24(2)16-23)17-25(3)22(27)21-10-8-20(9-11-21)19-6-4-18(5-7-19)12-15-26/h4-11,26H,12-17H2,1-3H3/t23-/m0/s1. The van der Waals surface area contributed by atoms with Gasteiger partial charge in [-0.3, -0.25) is 4.79 Å². The summed E-state index contributed by atoms with van der Waals surface area (Å²) in [6.07, 6.45) is 1.81. The molecule has 1 amide bonds. The van der Waals surface area contributed by atoms with E-state index in [1.165, 1.54) is 0 Å². The second-order valence-electron chi connectivity index (χ2n) is 8.21. The number of carbonyl (C=O) groups is 1. The highest BCUT2D eigenvalue weighted by Crippen LogP contribution is 2.30. The van der Waals surface area contributed by atoms with Crippen LogP contribution in [0.15, 0.2) is 48.5 Å². The molecular weight excluding hydrogens is 336 g/mol. The normalized spacial score (nSPS) is 20.0. The molecule has 0 aromatic heterocycles. The van der Waals surface area contributed by atoms with E-state index < -0.39 is 0 Å². The fraction of sp³-hybridized carbons (Fsp3) is 0.435. The maximum absolute atomic E-state index is 12.8. The Morgan fingerprint density at radius 1 is 1.11 bits per heavy atom. The van der Waals surface area contributed by atoms with E-state index in [0.717, 1.165) is 48.3 Å². The predicted octanol–water partition coefficient (Wildman–Crippen LogP) is 3.30. The van der Waals surface area contributed by atoms with E-state index in [0.29, 0.717) is 6.42 Å². The van der Waals surface area contributed by atoms with Gasteiger partial charge in [0.15, 0.2) is 0 Å². The fourth-order valence-electron chi connectivity index (χ4n) is 4.06. The molecule has 0 radical (unpaired) electrons. The average Bonchev–Trinajstić information content (AvgIpc) is 3.00. The van der Waals surface area contributed by atoms with E-state index in [1.807, 2.05) is 48.3 Å². The van der Waals surface area contributed by atoms with Crippen LogP contribution in [0.3, 0.4) is 0 Å². The zero-order valence-corrected chi connectivity index (χ0v) is 16.6. The maximum atomic E-state index is 12.8.